The monoisotopic (exact) mass is 354 g/mol. The number of halogens is 1. The normalized spacial score (nSPS) is 17.6. The second kappa shape index (κ2) is 7.61. The zero-order valence-electron chi connectivity index (χ0n) is 13.3. The molecule has 0 aliphatic heterocycles. The lowest BCUT2D eigenvalue weighted by Gasteiger charge is -2.33. The first-order chi connectivity index (χ1) is 10.0. The van der Waals surface area contributed by atoms with Gasteiger partial charge in [-0.2, -0.15) is 0 Å². The van der Waals surface area contributed by atoms with Crippen molar-refractivity contribution in [3.63, 3.8) is 0 Å². The van der Waals surface area contributed by atoms with Crippen molar-refractivity contribution in [2.45, 2.75) is 45.2 Å². The van der Waals surface area contributed by atoms with Crippen LogP contribution in [0.5, 0.6) is 0 Å². The summed E-state index contributed by atoms with van der Waals surface area (Å²) >= 11 is 3.58. The van der Waals surface area contributed by atoms with Gasteiger partial charge in [0.2, 0.25) is 0 Å². The summed E-state index contributed by atoms with van der Waals surface area (Å²) in [6, 6.07) is 7.28. The lowest BCUT2D eigenvalue weighted by molar-refractivity contribution is 0.202. The lowest BCUT2D eigenvalue weighted by atomic mass is 10.0. The third-order valence-corrected chi connectivity index (χ3v) is 4.72. The topological polar surface area (TPSA) is 38.5 Å². The highest BCUT2D eigenvalue weighted by molar-refractivity contribution is 9.10. The number of benzene rings is 1. The minimum Gasteiger partial charge on any atom is -0.383 e. The predicted octanol–water partition coefficient (Wildman–Crippen LogP) is 3.59. The number of nitrogens with two attached hydrogens (primary N) is 1. The molecule has 0 amide bonds. The molecule has 2 unspecified atom stereocenters. The standard InChI is InChI=1S/C17H27BrN2O/c1-12(19)10-15-11-16(18)6-7-17(15)20(8-9-21-3)13(2)14-4-5-14/h6-7,11-14H,4-5,8-10,19H2,1-3H3. The van der Waals surface area contributed by atoms with Crippen LogP contribution >= 0.6 is 15.9 Å². The summed E-state index contributed by atoms with van der Waals surface area (Å²) in [6.07, 6.45) is 3.60. The third-order valence-electron chi connectivity index (χ3n) is 4.23. The summed E-state index contributed by atoms with van der Waals surface area (Å²) in [6.45, 7) is 6.09. The second-order valence-corrected chi connectivity index (χ2v) is 7.13. The maximum Gasteiger partial charge on any atom is 0.0637 e. The molecule has 2 N–H and O–H groups in total. The molecule has 0 spiro atoms. The van der Waals surface area contributed by atoms with Crippen molar-refractivity contribution >= 4 is 21.6 Å². The molecule has 2 atom stereocenters. The predicted molar refractivity (Wildman–Crippen MR) is 92.9 cm³/mol. The van der Waals surface area contributed by atoms with E-state index in [4.69, 9.17) is 10.5 Å². The fourth-order valence-corrected chi connectivity index (χ4v) is 3.32. The molecular formula is C17H27BrN2O. The van der Waals surface area contributed by atoms with Gasteiger partial charge in [-0.15, -0.1) is 0 Å². The Bertz CT molecular complexity index is 460. The Kier molecular flexibility index (Phi) is 6.08. The van der Waals surface area contributed by atoms with Gasteiger partial charge < -0.3 is 15.4 Å². The molecule has 0 heterocycles. The maximum absolute atomic E-state index is 6.03. The van der Waals surface area contributed by atoms with Crippen LogP contribution in [-0.2, 0) is 11.2 Å². The molecular weight excluding hydrogens is 328 g/mol. The molecule has 1 aromatic carbocycles. The Hall–Kier alpha value is -0.580. The number of hydrogen-bond donors (Lipinski definition) is 1. The van der Waals surface area contributed by atoms with E-state index in [1.54, 1.807) is 7.11 Å². The van der Waals surface area contributed by atoms with Crippen molar-refractivity contribution in [1.82, 2.24) is 0 Å². The number of methoxy groups -OCH3 is 1. The molecule has 21 heavy (non-hydrogen) atoms. The molecule has 1 aromatic rings. The zero-order chi connectivity index (χ0) is 15.4. The highest BCUT2D eigenvalue weighted by Crippen LogP contribution is 2.38. The van der Waals surface area contributed by atoms with Gasteiger partial charge in [-0.05, 0) is 62.8 Å². The number of rotatable bonds is 8. The van der Waals surface area contributed by atoms with Crippen LogP contribution in [0.1, 0.15) is 32.3 Å². The summed E-state index contributed by atoms with van der Waals surface area (Å²) in [5, 5.41) is 0. The molecule has 1 fully saturated rings. The molecule has 0 aromatic heterocycles. The average molecular weight is 355 g/mol. The van der Waals surface area contributed by atoms with Gasteiger partial charge >= 0.3 is 0 Å². The summed E-state index contributed by atoms with van der Waals surface area (Å²) in [4.78, 5) is 2.51. The van der Waals surface area contributed by atoms with Crippen molar-refractivity contribution in [1.29, 1.82) is 0 Å². The minimum atomic E-state index is 0.165. The average Bonchev–Trinajstić information content (AvgIpc) is 3.24. The van der Waals surface area contributed by atoms with E-state index in [-0.39, 0.29) is 6.04 Å². The van der Waals surface area contributed by atoms with Crippen LogP contribution in [0, 0.1) is 5.92 Å². The number of hydrogen-bond acceptors (Lipinski definition) is 3. The molecule has 118 valence electrons. The van der Waals surface area contributed by atoms with Crippen molar-refractivity contribution in [2.24, 2.45) is 11.7 Å². The van der Waals surface area contributed by atoms with E-state index >= 15 is 0 Å². The van der Waals surface area contributed by atoms with Gasteiger partial charge in [0.15, 0.2) is 0 Å². The van der Waals surface area contributed by atoms with Gasteiger partial charge in [0.1, 0.15) is 0 Å². The fourth-order valence-electron chi connectivity index (χ4n) is 2.91. The summed E-state index contributed by atoms with van der Waals surface area (Å²) in [5.74, 6) is 0.827. The van der Waals surface area contributed by atoms with E-state index < -0.39 is 0 Å². The van der Waals surface area contributed by atoms with Crippen LogP contribution in [0.25, 0.3) is 0 Å². The summed E-state index contributed by atoms with van der Waals surface area (Å²) in [5.41, 5.74) is 8.67. The van der Waals surface area contributed by atoms with Gasteiger partial charge in [-0.3, -0.25) is 0 Å². The van der Waals surface area contributed by atoms with Gasteiger partial charge in [-0.25, -0.2) is 0 Å². The van der Waals surface area contributed by atoms with Crippen LogP contribution in [0.2, 0.25) is 0 Å². The Balaban J connectivity index is 2.28. The van der Waals surface area contributed by atoms with E-state index in [2.05, 4.69) is 52.9 Å². The fraction of sp³-hybridized carbons (Fsp3) is 0.647. The Morgan fingerprint density at radius 3 is 2.67 bits per heavy atom. The SMILES string of the molecule is COCCN(c1ccc(Br)cc1CC(C)N)C(C)C1CC1. The summed E-state index contributed by atoms with van der Waals surface area (Å²) in [7, 11) is 1.77. The first kappa shape index (κ1) is 16.8. The first-order valence-corrected chi connectivity index (χ1v) is 8.61. The lowest BCUT2D eigenvalue weighted by Crippen LogP contribution is -2.38. The first-order valence-electron chi connectivity index (χ1n) is 7.82. The third kappa shape index (κ3) is 4.70. The molecule has 1 aliphatic rings. The van der Waals surface area contributed by atoms with Crippen LogP contribution in [0.4, 0.5) is 5.69 Å². The van der Waals surface area contributed by atoms with Crippen molar-refractivity contribution in [3.8, 4) is 0 Å². The smallest absolute Gasteiger partial charge is 0.0637 e. The summed E-state index contributed by atoms with van der Waals surface area (Å²) < 4.78 is 6.43. The van der Waals surface area contributed by atoms with Gasteiger partial charge in [0.05, 0.1) is 6.61 Å². The van der Waals surface area contributed by atoms with Crippen LogP contribution in [0.15, 0.2) is 22.7 Å². The van der Waals surface area contributed by atoms with Crippen LogP contribution < -0.4 is 10.6 Å². The highest BCUT2D eigenvalue weighted by atomic mass is 79.9. The number of anilines is 1. The van der Waals surface area contributed by atoms with Gasteiger partial charge in [-0.1, -0.05) is 15.9 Å². The van der Waals surface area contributed by atoms with E-state index in [1.807, 2.05) is 0 Å². The van der Waals surface area contributed by atoms with E-state index in [0.717, 1.165) is 30.0 Å². The Labute approximate surface area is 137 Å². The van der Waals surface area contributed by atoms with Crippen molar-refractivity contribution < 1.29 is 4.74 Å². The Morgan fingerprint density at radius 1 is 1.38 bits per heavy atom. The van der Waals surface area contributed by atoms with Crippen LogP contribution in [-0.4, -0.2) is 32.3 Å². The molecule has 1 aliphatic carbocycles. The van der Waals surface area contributed by atoms with Crippen molar-refractivity contribution in [2.75, 3.05) is 25.2 Å². The molecule has 1 saturated carbocycles. The quantitative estimate of drug-likeness (QED) is 0.775. The number of nitrogens with zero attached hydrogens (tertiary/aromatic N) is 1. The molecule has 0 bridgehead atoms. The maximum atomic E-state index is 6.03. The second-order valence-electron chi connectivity index (χ2n) is 6.22. The Morgan fingerprint density at radius 2 is 2.10 bits per heavy atom. The molecule has 2 rings (SSSR count). The number of ether oxygens (including phenoxy) is 1. The van der Waals surface area contributed by atoms with Crippen LogP contribution in [0.3, 0.4) is 0 Å². The molecule has 0 radical (unpaired) electrons. The van der Waals surface area contributed by atoms with Gasteiger partial charge in [0, 0.05) is 35.9 Å². The van der Waals surface area contributed by atoms with Crippen molar-refractivity contribution in [3.05, 3.63) is 28.2 Å². The largest absolute Gasteiger partial charge is 0.383 e. The van der Waals surface area contributed by atoms with E-state index in [9.17, 15) is 0 Å². The van der Waals surface area contributed by atoms with E-state index in [1.165, 1.54) is 24.1 Å². The van der Waals surface area contributed by atoms with Gasteiger partial charge in [0.25, 0.3) is 0 Å². The minimum absolute atomic E-state index is 0.165. The molecule has 4 heteroatoms. The highest BCUT2D eigenvalue weighted by Gasteiger charge is 2.32. The van der Waals surface area contributed by atoms with E-state index in [0.29, 0.717) is 6.04 Å². The molecule has 3 nitrogen and oxygen atoms in total. The zero-order valence-corrected chi connectivity index (χ0v) is 14.9. The molecule has 0 saturated heterocycles.